The molecule has 0 rings (SSSR count). The molecule has 0 heterocycles. The Hall–Kier alpha value is -2.89. The molecule has 67 heavy (non-hydrogen) atoms. The monoisotopic (exact) mass is 937 g/mol. The number of allylic oxidation sites excluding steroid dienone is 10. The Labute approximate surface area is 415 Å². The Morgan fingerprint density at radius 3 is 0.970 bits per heavy atom. The van der Waals surface area contributed by atoms with Crippen LogP contribution in [0, 0.1) is 0 Å². The lowest BCUT2D eigenvalue weighted by Gasteiger charge is -2.18. The highest BCUT2D eigenvalue weighted by atomic mass is 16.6. The number of ether oxygens (including phenoxy) is 3. The van der Waals surface area contributed by atoms with Crippen LogP contribution in [-0.4, -0.2) is 37.2 Å². The first-order valence-corrected chi connectivity index (χ1v) is 28.8. The third-order valence-corrected chi connectivity index (χ3v) is 12.5. The van der Waals surface area contributed by atoms with E-state index >= 15 is 0 Å². The number of carbonyl (C=O) groups is 3. The van der Waals surface area contributed by atoms with Crippen LogP contribution in [0.4, 0.5) is 0 Å². The molecule has 1 unspecified atom stereocenters. The van der Waals surface area contributed by atoms with Crippen LogP contribution in [0.15, 0.2) is 60.8 Å². The molecular formula is C61H108O6. The topological polar surface area (TPSA) is 78.9 Å². The van der Waals surface area contributed by atoms with Gasteiger partial charge >= 0.3 is 17.9 Å². The molecule has 0 saturated carbocycles. The molecule has 0 aromatic heterocycles. The summed E-state index contributed by atoms with van der Waals surface area (Å²) in [6.07, 6.45) is 69.3. The van der Waals surface area contributed by atoms with E-state index in [1.54, 1.807) is 0 Å². The fourth-order valence-corrected chi connectivity index (χ4v) is 8.20. The van der Waals surface area contributed by atoms with Crippen molar-refractivity contribution in [2.24, 2.45) is 0 Å². The quantitative estimate of drug-likeness (QED) is 0.0262. The standard InChI is InChI=1S/C61H108O6/c1-4-7-10-13-16-19-22-25-27-28-29-30-31-32-34-36-39-42-45-48-51-54-60(63)66-57-58(56-65-59(62)53-50-47-44-41-38-35-24-21-18-15-12-9-6-3)67-61(64)55-52-49-46-43-40-37-33-26-23-20-17-14-11-8-5-2/h8,11-12,15,17,20-21,24,26,33,58H,4-7,9-10,13-14,16,18-19,22-23,25,27-32,34-57H2,1-3H3/b11-8-,15-12-,20-17-,24-21-,33-26-. The van der Waals surface area contributed by atoms with Crippen molar-refractivity contribution in [3.63, 3.8) is 0 Å². The molecule has 6 heteroatoms. The minimum absolute atomic E-state index is 0.0835. The van der Waals surface area contributed by atoms with Gasteiger partial charge in [0.1, 0.15) is 13.2 Å². The maximum Gasteiger partial charge on any atom is 0.306 e. The van der Waals surface area contributed by atoms with Gasteiger partial charge in [-0.05, 0) is 77.0 Å². The Kier molecular flexibility index (Phi) is 53.3. The van der Waals surface area contributed by atoms with E-state index in [2.05, 4.69) is 81.5 Å². The van der Waals surface area contributed by atoms with E-state index in [4.69, 9.17) is 14.2 Å². The highest BCUT2D eigenvalue weighted by molar-refractivity contribution is 5.71. The Balaban J connectivity index is 4.32. The second-order valence-corrected chi connectivity index (χ2v) is 19.2. The summed E-state index contributed by atoms with van der Waals surface area (Å²) in [5.41, 5.74) is 0. The number of hydrogen-bond acceptors (Lipinski definition) is 6. The minimum atomic E-state index is -0.787. The maximum atomic E-state index is 12.8. The predicted molar refractivity (Wildman–Crippen MR) is 288 cm³/mol. The van der Waals surface area contributed by atoms with Crippen LogP contribution in [-0.2, 0) is 28.6 Å². The molecule has 0 N–H and O–H groups in total. The summed E-state index contributed by atoms with van der Waals surface area (Å²) in [6.45, 7) is 6.47. The van der Waals surface area contributed by atoms with Crippen LogP contribution in [0.5, 0.6) is 0 Å². The average molecular weight is 938 g/mol. The molecule has 0 aliphatic heterocycles. The fraction of sp³-hybridized carbons (Fsp3) is 0.787. The highest BCUT2D eigenvalue weighted by Crippen LogP contribution is 2.17. The van der Waals surface area contributed by atoms with Gasteiger partial charge in [0.25, 0.3) is 0 Å². The van der Waals surface area contributed by atoms with Crippen molar-refractivity contribution < 1.29 is 28.6 Å². The summed E-state index contributed by atoms with van der Waals surface area (Å²) in [4.78, 5) is 38.1. The van der Waals surface area contributed by atoms with Gasteiger partial charge in [-0.1, -0.05) is 255 Å². The largest absolute Gasteiger partial charge is 0.462 e. The molecule has 0 aliphatic rings. The number of esters is 3. The Morgan fingerprint density at radius 1 is 0.313 bits per heavy atom. The van der Waals surface area contributed by atoms with E-state index < -0.39 is 6.10 Å². The lowest BCUT2D eigenvalue weighted by Crippen LogP contribution is -2.30. The minimum Gasteiger partial charge on any atom is -0.462 e. The van der Waals surface area contributed by atoms with Crippen molar-refractivity contribution in [1.82, 2.24) is 0 Å². The van der Waals surface area contributed by atoms with Crippen molar-refractivity contribution in [2.75, 3.05) is 13.2 Å². The third-order valence-electron chi connectivity index (χ3n) is 12.5. The van der Waals surface area contributed by atoms with E-state index in [0.717, 1.165) is 122 Å². The zero-order valence-electron chi connectivity index (χ0n) is 44.4. The van der Waals surface area contributed by atoms with Crippen LogP contribution < -0.4 is 0 Å². The average Bonchev–Trinajstić information content (AvgIpc) is 3.33. The number of hydrogen-bond donors (Lipinski definition) is 0. The van der Waals surface area contributed by atoms with E-state index in [-0.39, 0.29) is 31.1 Å². The molecule has 0 aromatic rings. The number of carbonyl (C=O) groups excluding carboxylic acids is 3. The van der Waals surface area contributed by atoms with Gasteiger partial charge in [-0.2, -0.15) is 0 Å². The smallest absolute Gasteiger partial charge is 0.306 e. The van der Waals surface area contributed by atoms with E-state index in [9.17, 15) is 14.4 Å². The van der Waals surface area contributed by atoms with E-state index in [0.29, 0.717) is 19.3 Å². The molecule has 0 bridgehead atoms. The summed E-state index contributed by atoms with van der Waals surface area (Å²) >= 11 is 0. The molecule has 0 radical (unpaired) electrons. The first-order valence-electron chi connectivity index (χ1n) is 28.8. The summed E-state index contributed by atoms with van der Waals surface area (Å²) < 4.78 is 16.8. The summed E-state index contributed by atoms with van der Waals surface area (Å²) in [7, 11) is 0. The van der Waals surface area contributed by atoms with Gasteiger partial charge in [0, 0.05) is 19.3 Å². The van der Waals surface area contributed by atoms with Crippen molar-refractivity contribution in [3.05, 3.63) is 60.8 Å². The molecule has 0 amide bonds. The lowest BCUT2D eigenvalue weighted by molar-refractivity contribution is -0.167. The van der Waals surface area contributed by atoms with Crippen molar-refractivity contribution >= 4 is 17.9 Å². The molecule has 0 fully saturated rings. The lowest BCUT2D eigenvalue weighted by atomic mass is 10.0. The van der Waals surface area contributed by atoms with Gasteiger partial charge in [0.15, 0.2) is 6.10 Å². The summed E-state index contributed by atoms with van der Waals surface area (Å²) in [6, 6.07) is 0. The van der Waals surface area contributed by atoms with Crippen LogP contribution in [0.25, 0.3) is 0 Å². The zero-order valence-corrected chi connectivity index (χ0v) is 44.4. The maximum absolute atomic E-state index is 12.8. The van der Waals surface area contributed by atoms with E-state index in [1.807, 2.05) is 0 Å². The second kappa shape index (κ2) is 55.7. The summed E-state index contributed by atoms with van der Waals surface area (Å²) in [5.74, 6) is -0.904. The second-order valence-electron chi connectivity index (χ2n) is 19.2. The summed E-state index contributed by atoms with van der Waals surface area (Å²) in [5, 5.41) is 0. The van der Waals surface area contributed by atoms with Gasteiger partial charge in [-0.15, -0.1) is 0 Å². The van der Waals surface area contributed by atoms with Crippen LogP contribution in [0.2, 0.25) is 0 Å². The molecule has 1 atom stereocenters. The zero-order chi connectivity index (χ0) is 48.6. The molecule has 0 aliphatic carbocycles. The van der Waals surface area contributed by atoms with Gasteiger partial charge in [-0.3, -0.25) is 14.4 Å². The Bertz CT molecular complexity index is 1210. The van der Waals surface area contributed by atoms with Gasteiger partial charge in [0.2, 0.25) is 0 Å². The normalized spacial score (nSPS) is 12.5. The number of unbranched alkanes of at least 4 members (excludes halogenated alkanes) is 31. The SMILES string of the molecule is CC/C=C\C/C=C\C/C=C\CCCCCCCC(=O)OC(COC(=O)CCCCCCC/C=C\C/C=C\CCC)COC(=O)CCCCCCCCCCCCCCCCCCCCCCC. The van der Waals surface area contributed by atoms with Crippen LogP contribution in [0.3, 0.4) is 0 Å². The molecule has 0 aromatic carbocycles. The van der Waals surface area contributed by atoms with Gasteiger partial charge < -0.3 is 14.2 Å². The molecule has 6 nitrogen and oxygen atoms in total. The first kappa shape index (κ1) is 64.1. The van der Waals surface area contributed by atoms with Crippen molar-refractivity contribution in [2.45, 2.75) is 297 Å². The van der Waals surface area contributed by atoms with Crippen molar-refractivity contribution in [1.29, 1.82) is 0 Å². The first-order chi connectivity index (χ1) is 33.0. The molecule has 388 valence electrons. The Morgan fingerprint density at radius 2 is 0.612 bits per heavy atom. The predicted octanol–water partition coefficient (Wildman–Crippen LogP) is 19.2. The van der Waals surface area contributed by atoms with E-state index in [1.165, 1.54) is 128 Å². The van der Waals surface area contributed by atoms with Crippen molar-refractivity contribution in [3.8, 4) is 0 Å². The van der Waals surface area contributed by atoms with Crippen LogP contribution in [0.1, 0.15) is 290 Å². The molecular weight excluding hydrogens is 829 g/mol. The molecule has 0 spiro atoms. The third kappa shape index (κ3) is 53.9. The van der Waals surface area contributed by atoms with Gasteiger partial charge in [-0.25, -0.2) is 0 Å². The fourth-order valence-electron chi connectivity index (χ4n) is 8.20. The van der Waals surface area contributed by atoms with Crippen LogP contribution >= 0.6 is 0 Å². The van der Waals surface area contributed by atoms with Gasteiger partial charge in [0.05, 0.1) is 0 Å². The highest BCUT2D eigenvalue weighted by Gasteiger charge is 2.19. The number of rotatable bonds is 52. The molecule has 0 saturated heterocycles.